The third kappa shape index (κ3) is 1.78. The second-order valence-electron chi connectivity index (χ2n) is 4.32. The SMILES string of the molecule is Brc1ccc2[nH]cc(C3CCOCC3)c2c1. The van der Waals surface area contributed by atoms with Crippen molar-refractivity contribution in [1.82, 2.24) is 4.98 Å². The second-order valence-corrected chi connectivity index (χ2v) is 5.24. The highest BCUT2D eigenvalue weighted by Gasteiger charge is 2.18. The molecule has 0 amide bonds. The van der Waals surface area contributed by atoms with Crippen LogP contribution in [0.5, 0.6) is 0 Å². The van der Waals surface area contributed by atoms with Gasteiger partial charge in [-0.15, -0.1) is 0 Å². The minimum absolute atomic E-state index is 0.650. The van der Waals surface area contributed by atoms with E-state index in [2.05, 4.69) is 45.3 Å². The van der Waals surface area contributed by atoms with Gasteiger partial charge in [0.25, 0.3) is 0 Å². The molecule has 1 aromatic heterocycles. The number of aromatic amines is 1. The molecule has 1 fully saturated rings. The molecule has 0 spiro atoms. The molecule has 84 valence electrons. The predicted molar refractivity (Wildman–Crippen MR) is 68.8 cm³/mol. The molecule has 1 aromatic carbocycles. The zero-order chi connectivity index (χ0) is 11.0. The van der Waals surface area contributed by atoms with Crippen LogP contribution in [0.3, 0.4) is 0 Å². The molecular formula is C13H14BrNO. The van der Waals surface area contributed by atoms with E-state index < -0.39 is 0 Å². The van der Waals surface area contributed by atoms with E-state index in [1.54, 1.807) is 0 Å². The van der Waals surface area contributed by atoms with Crippen LogP contribution in [0.4, 0.5) is 0 Å². The van der Waals surface area contributed by atoms with Gasteiger partial charge in [-0.3, -0.25) is 0 Å². The fraction of sp³-hybridized carbons (Fsp3) is 0.385. The Kier molecular flexibility index (Phi) is 2.74. The van der Waals surface area contributed by atoms with Crippen LogP contribution < -0.4 is 0 Å². The van der Waals surface area contributed by atoms with Crippen molar-refractivity contribution in [3.63, 3.8) is 0 Å². The van der Waals surface area contributed by atoms with Crippen molar-refractivity contribution in [2.24, 2.45) is 0 Å². The van der Waals surface area contributed by atoms with Gasteiger partial charge in [0, 0.05) is 34.8 Å². The standard InChI is InChI=1S/C13H14BrNO/c14-10-1-2-13-11(7-10)12(8-15-13)9-3-5-16-6-4-9/h1-2,7-9,15H,3-6H2. The van der Waals surface area contributed by atoms with Crippen LogP contribution >= 0.6 is 15.9 Å². The number of H-pyrrole nitrogens is 1. The molecule has 0 aliphatic carbocycles. The lowest BCUT2D eigenvalue weighted by Gasteiger charge is -2.21. The first kappa shape index (κ1) is 10.4. The van der Waals surface area contributed by atoms with Gasteiger partial charge < -0.3 is 9.72 Å². The number of aromatic nitrogens is 1. The van der Waals surface area contributed by atoms with Gasteiger partial charge in [0.2, 0.25) is 0 Å². The molecule has 2 nitrogen and oxygen atoms in total. The lowest BCUT2D eigenvalue weighted by molar-refractivity contribution is 0.0856. The maximum absolute atomic E-state index is 5.41. The first-order valence-corrected chi connectivity index (χ1v) is 6.48. The maximum atomic E-state index is 5.41. The lowest BCUT2D eigenvalue weighted by Crippen LogP contribution is -2.13. The molecule has 0 saturated carbocycles. The Balaban J connectivity index is 2.05. The number of nitrogens with one attached hydrogen (secondary N) is 1. The number of rotatable bonds is 1. The van der Waals surface area contributed by atoms with E-state index in [-0.39, 0.29) is 0 Å². The summed E-state index contributed by atoms with van der Waals surface area (Å²) in [6.45, 7) is 1.79. The molecule has 2 heterocycles. The van der Waals surface area contributed by atoms with Gasteiger partial charge in [0.15, 0.2) is 0 Å². The Morgan fingerprint density at radius 3 is 2.88 bits per heavy atom. The summed E-state index contributed by atoms with van der Waals surface area (Å²) >= 11 is 3.54. The summed E-state index contributed by atoms with van der Waals surface area (Å²) in [6, 6.07) is 6.41. The highest BCUT2D eigenvalue weighted by Crippen LogP contribution is 2.33. The topological polar surface area (TPSA) is 25.0 Å². The summed E-state index contributed by atoms with van der Waals surface area (Å²) in [7, 11) is 0. The average molecular weight is 280 g/mol. The monoisotopic (exact) mass is 279 g/mol. The van der Waals surface area contributed by atoms with Gasteiger partial charge in [-0.05, 0) is 42.5 Å². The molecule has 0 radical (unpaired) electrons. The van der Waals surface area contributed by atoms with Crippen molar-refractivity contribution in [2.45, 2.75) is 18.8 Å². The van der Waals surface area contributed by atoms with Gasteiger partial charge in [-0.2, -0.15) is 0 Å². The quantitative estimate of drug-likeness (QED) is 0.843. The molecule has 0 unspecified atom stereocenters. The van der Waals surface area contributed by atoms with Crippen LogP contribution in [0, 0.1) is 0 Å². The molecule has 0 bridgehead atoms. The molecule has 1 aliphatic rings. The van der Waals surface area contributed by atoms with Gasteiger partial charge in [-0.25, -0.2) is 0 Å². The number of fused-ring (bicyclic) bond motifs is 1. The summed E-state index contributed by atoms with van der Waals surface area (Å²) in [5.74, 6) is 0.650. The second kappa shape index (κ2) is 4.22. The smallest absolute Gasteiger partial charge is 0.0471 e. The van der Waals surface area contributed by atoms with Crippen LogP contribution in [0.25, 0.3) is 10.9 Å². The molecule has 3 heteroatoms. The Bertz CT molecular complexity index is 500. The van der Waals surface area contributed by atoms with Crippen molar-refractivity contribution in [3.8, 4) is 0 Å². The Morgan fingerprint density at radius 1 is 1.25 bits per heavy atom. The third-order valence-electron chi connectivity index (χ3n) is 3.34. The summed E-state index contributed by atoms with van der Waals surface area (Å²) in [6.07, 6.45) is 4.44. The van der Waals surface area contributed by atoms with E-state index in [4.69, 9.17) is 4.74 Å². The molecule has 3 rings (SSSR count). The highest BCUT2D eigenvalue weighted by molar-refractivity contribution is 9.10. The number of halogens is 1. The first-order chi connectivity index (χ1) is 7.84. The van der Waals surface area contributed by atoms with Crippen molar-refractivity contribution in [3.05, 3.63) is 34.4 Å². The number of hydrogen-bond acceptors (Lipinski definition) is 1. The zero-order valence-electron chi connectivity index (χ0n) is 9.00. The van der Waals surface area contributed by atoms with Crippen LogP contribution in [0.15, 0.2) is 28.9 Å². The largest absolute Gasteiger partial charge is 0.381 e. The van der Waals surface area contributed by atoms with Crippen LogP contribution in [0.1, 0.15) is 24.3 Å². The lowest BCUT2D eigenvalue weighted by atomic mass is 9.91. The van der Waals surface area contributed by atoms with E-state index in [0.717, 1.165) is 30.5 Å². The van der Waals surface area contributed by atoms with Crippen molar-refractivity contribution in [2.75, 3.05) is 13.2 Å². The Hall–Kier alpha value is -0.800. The maximum Gasteiger partial charge on any atom is 0.0471 e. The fourth-order valence-electron chi connectivity index (χ4n) is 2.46. The van der Waals surface area contributed by atoms with Gasteiger partial charge in [0.05, 0.1) is 0 Å². The van der Waals surface area contributed by atoms with Gasteiger partial charge >= 0.3 is 0 Å². The van der Waals surface area contributed by atoms with Crippen LogP contribution in [-0.4, -0.2) is 18.2 Å². The summed E-state index contributed by atoms with van der Waals surface area (Å²) in [5, 5.41) is 1.35. The van der Waals surface area contributed by atoms with E-state index >= 15 is 0 Å². The fourth-order valence-corrected chi connectivity index (χ4v) is 2.82. The number of ether oxygens (including phenoxy) is 1. The minimum atomic E-state index is 0.650. The van der Waals surface area contributed by atoms with E-state index in [9.17, 15) is 0 Å². The minimum Gasteiger partial charge on any atom is -0.381 e. The Labute approximate surface area is 103 Å². The molecule has 2 aromatic rings. The van der Waals surface area contributed by atoms with Crippen molar-refractivity contribution < 1.29 is 4.74 Å². The third-order valence-corrected chi connectivity index (χ3v) is 3.83. The summed E-state index contributed by atoms with van der Waals surface area (Å²) in [5.41, 5.74) is 2.67. The van der Waals surface area contributed by atoms with Crippen molar-refractivity contribution >= 4 is 26.8 Å². The zero-order valence-corrected chi connectivity index (χ0v) is 10.6. The number of benzene rings is 1. The normalized spacial score (nSPS) is 18.1. The van der Waals surface area contributed by atoms with Gasteiger partial charge in [-0.1, -0.05) is 15.9 Å². The molecule has 0 atom stereocenters. The first-order valence-electron chi connectivity index (χ1n) is 5.69. The van der Waals surface area contributed by atoms with Crippen LogP contribution in [0.2, 0.25) is 0 Å². The average Bonchev–Trinajstić information content (AvgIpc) is 2.73. The number of hydrogen-bond donors (Lipinski definition) is 1. The molecular weight excluding hydrogens is 266 g/mol. The van der Waals surface area contributed by atoms with E-state index in [1.165, 1.54) is 16.5 Å². The molecule has 1 saturated heterocycles. The molecule has 1 N–H and O–H groups in total. The summed E-state index contributed by atoms with van der Waals surface area (Å²) in [4.78, 5) is 3.35. The molecule has 1 aliphatic heterocycles. The predicted octanol–water partition coefficient (Wildman–Crippen LogP) is 3.82. The Morgan fingerprint density at radius 2 is 2.06 bits per heavy atom. The van der Waals surface area contributed by atoms with Crippen LogP contribution in [-0.2, 0) is 4.74 Å². The summed E-state index contributed by atoms with van der Waals surface area (Å²) < 4.78 is 6.56. The van der Waals surface area contributed by atoms with E-state index in [1.807, 2.05) is 0 Å². The van der Waals surface area contributed by atoms with E-state index in [0.29, 0.717) is 5.92 Å². The highest BCUT2D eigenvalue weighted by atomic mass is 79.9. The molecule has 16 heavy (non-hydrogen) atoms. The van der Waals surface area contributed by atoms with Crippen molar-refractivity contribution in [1.29, 1.82) is 0 Å². The van der Waals surface area contributed by atoms with Gasteiger partial charge in [0.1, 0.15) is 0 Å².